The van der Waals surface area contributed by atoms with Crippen molar-refractivity contribution in [2.24, 2.45) is 0 Å². The minimum absolute atomic E-state index is 0.305. The van der Waals surface area contributed by atoms with Gasteiger partial charge in [-0.3, -0.25) is 0 Å². The van der Waals surface area contributed by atoms with Crippen LogP contribution in [0.25, 0.3) is 10.9 Å². The molecule has 2 heterocycles. The first-order chi connectivity index (χ1) is 9.69. The number of H-pyrrole nitrogens is 1. The van der Waals surface area contributed by atoms with Gasteiger partial charge in [0.1, 0.15) is 16.1 Å². The number of aromatic nitrogens is 2. The van der Waals surface area contributed by atoms with E-state index in [-0.39, 0.29) is 0 Å². The Bertz CT molecular complexity index is 815. The quantitative estimate of drug-likeness (QED) is 0.716. The minimum atomic E-state index is -0.401. The molecule has 2 aromatic heterocycles. The van der Waals surface area contributed by atoms with Gasteiger partial charge >= 0.3 is 0 Å². The first-order valence-corrected chi connectivity index (χ1v) is 7.37. The second kappa shape index (κ2) is 5.15. The molecule has 2 N–H and O–H groups in total. The lowest BCUT2D eigenvalue weighted by atomic mass is 10.1. The molecule has 3 aromatic rings. The first kappa shape index (κ1) is 13.0. The van der Waals surface area contributed by atoms with E-state index in [9.17, 15) is 4.39 Å². The van der Waals surface area contributed by atoms with Crippen LogP contribution in [0.4, 0.5) is 10.1 Å². The maximum absolute atomic E-state index is 13.8. The topological polar surface area (TPSA) is 64.5 Å². The highest BCUT2D eigenvalue weighted by Gasteiger charge is 2.12. The lowest BCUT2D eigenvalue weighted by molar-refractivity contribution is 0.640. The van der Waals surface area contributed by atoms with Gasteiger partial charge in [0, 0.05) is 6.20 Å². The van der Waals surface area contributed by atoms with Crippen LogP contribution in [0.3, 0.4) is 0 Å². The van der Waals surface area contributed by atoms with Crippen molar-refractivity contribution in [1.29, 1.82) is 5.26 Å². The number of hydrogen-bond donors (Lipinski definition) is 2. The molecular formula is C13H9FN4S2. The van der Waals surface area contributed by atoms with Gasteiger partial charge in [-0.05, 0) is 31.0 Å². The fraction of sp³-hybridized carbons (Fsp3) is 0.0769. The van der Waals surface area contributed by atoms with Crippen molar-refractivity contribution >= 4 is 39.9 Å². The normalized spacial score (nSPS) is 10.7. The van der Waals surface area contributed by atoms with Crippen molar-refractivity contribution in [2.45, 2.75) is 11.1 Å². The predicted molar refractivity (Wildman–Crippen MR) is 79.3 cm³/mol. The van der Waals surface area contributed by atoms with Crippen LogP contribution in [0.15, 0.2) is 28.7 Å². The van der Waals surface area contributed by atoms with Crippen LogP contribution < -0.4 is 4.72 Å². The van der Waals surface area contributed by atoms with Crippen LogP contribution in [0, 0.1) is 24.1 Å². The second-order valence-corrected chi connectivity index (χ2v) is 6.40. The van der Waals surface area contributed by atoms with E-state index >= 15 is 0 Å². The van der Waals surface area contributed by atoms with Crippen molar-refractivity contribution in [2.75, 3.05) is 4.72 Å². The van der Waals surface area contributed by atoms with E-state index in [0.29, 0.717) is 16.5 Å². The van der Waals surface area contributed by atoms with Crippen molar-refractivity contribution in [3.8, 4) is 6.07 Å². The highest BCUT2D eigenvalue weighted by molar-refractivity contribution is 8.02. The maximum atomic E-state index is 13.8. The molecule has 3 rings (SSSR count). The first-order valence-electron chi connectivity index (χ1n) is 5.74. The summed E-state index contributed by atoms with van der Waals surface area (Å²) in [5.74, 6) is -0.401. The Morgan fingerprint density at radius 3 is 3.05 bits per heavy atom. The zero-order valence-electron chi connectivity index (χ0n) is 10.4. The number of nitriles is 1. The average molecular weight is 304 g/mol. The lowest BCUT2D eigenvalue weighted by Crippen LogP contribution is -1.89. The van der Waals surface area contributed by atoms with Crippen molar-refractivity contribution in [3.63, 3.8) is 0 Å². The van der Waals surface area contributed by atoms with Gasteiger partial charge in [-0.1, -0.05) is 0 Å². The number of rotatable bonds is 3. The van der Waals surface area contributed by atoms with Crippen LogP contribution in [0.2, 0.25) is 0 Å². The summed E-state index contributed by atoms with van der Waals surface area (Å²) < 4.78 is 18.0. The number of nitrogens with zero attached hydrogens (tertiary/aromatic N) is 2. The Morgan fingerprint density at radius 2 is 2.35 bits per heavy atom. The van der Waals surface area contributed by atoms with E-state index in [2.05, 4.69) is 14.7 Å². The number of fused-ring (bicyclic) bond motifs is 1. The minimum Gasteiger partial charge on any atom is -0.358 e. The van der Waals surface area contributed by atoms with Crippen molar-refractivity contribution < 1.29 is 4.39 Å². The number of thiazole rings is 1. The number of aromatic amines is 1. The molecule has 0 aliphatic heterocycles. The summed E-state index contributed by atoms with van der Waals surface area (Å²) in [6, 6.07) is 4.99. The molecule has 0 aliphatic carbocycles. The third kappa shape index (κ3) is 2.24. The molecule has 0 unspecified atom stereocenters. The van der Waals surface area contributed by atoms with Gasteiger partial charge in [-0.15, -0.1) is 11.3 Å². The van der Waals surface area contributed by atoms with Crippen LogP contribution in [0.5, 0.6) is 0 Å². The van der Waals surface area contributed by atoms with E-state index < -0.39 is 5.82 Å². The van der Waals surface area contributed by atoms with Gasteiger partial charge in [0.15, 0.2) is 0 Å². The van der Waals surface area contributed by atoms with Crippen LogP contribution in [0.1, 0.15) is 10.6 Å². The monoisotopic (exact) mass is 304 g/mol. The maximum Gasteiger partial charge on any atom is 0.134 e. The number of anilines is 1. The summed E-state index contributed by atoms with van der Waals surface area (Å²) in [4.78, 5) is 7.11. The van der Waals surface area contributed by atoms with Crippen molar-refractivity contribution in [1.82, 2.24) is 9.97 Å². The molecule has 7 heteroatoms. The van der Waals surface area contributed by atoms with Gasteiger partial charge < -0.3 is 9.71 Å². The Hall–Kier alpha value is -2.04. The largest absolute Gasteiger partial charge is 0.358 e. The number of benzene rings is 1. The third-order valence-electron chi connectivity index (χ3n) is 2.77. The number of hydrogen-bond acceptors (Lipinski definition) is 5. The SMILES string of the molecule is Cc1ncc(SNc2ccc(F)c3c(C#N)c[nH]c23)s1. The van der Waals surface area contributed by atoms with E-state index in [0.717, 1.165) is 14.9 Å². The highest BCUT2D eigenvalue weighted by Crippen LogP contribution is 2.32. The second-order valence-electron chi connectivity index (χ2n) is 4.06. The number of aryl methyl sites for hydroxylation is 1. The summed E-state index contributed by atoms with van der Waals surface area (Å²) in [5, 5.41) is 10.3. The van der Waals surface area contributed by atoms with E-state index in [1.807, 2.05) is 13.0 Å². The van der Waals surface area contributed by atoms with Crippen LogP contribution in [-0.2, 0) is 0 Å². The zero-order valence-corrected chi connectivity index (χ0v) is 12.0. The predicted octanol–water partition coefficient (Wildman–Crippen LogP) is 4.06. The molecule has 20 heavy (non-hydrogen) atoms. The van der Waals surface area contributed by atoms with Crippen LogP contribution in [-0.4, -0.2) is 9.97 Å². The average Bonchev–Trinajstić information content (AvgIpc) is 3.05. The Morgan fingerprint density at radius 1 is 1.50 bits per heavy atom. The summed E-state index contributed by atoms with van der Waals surface area (Å²) in [6.07, 6.45) is 3.30. The molecule has 100 valence electrons. The molecule has 1 aromatic carbocycles. The molecule has 0 spiro atoms. The molecule has 0 fully saturated rings. The third-order valence-corrected chi connectivity index (χ3v) is 4.60. The number of halogens is 1. The van der Waals surface area contributed by atoms with Gasteiger partial charge in [-0.2, -0.15) is 5.26 Å². The molecule has 0 atom stereocenters. The summed E-state index contributed by atoms with van der Waals surface area (Å²) >= 11 is 2.99. The molecule has 0 saturated carbocycles. The molecule has 4 nitrogen and oxygen atoms in total. The molecule has 0 radical (unpaired) electrons. The molecule has 0 amide bonds. The van der Waals surface area contributed by atoms with E-state index in [4.69, 9.17) is 5.26 Å². The Kier molecular flexibility index (Phi) is 3.34. The summed E-state index contributed by atoms with van der Waals surface area (Å²) in [6.45, 7) is 1.94. The fourth-order valence-electron chi connectivity index (χ4n) is 1.87. The summed E-state index contributed by atoms with van der Waals surface area (Å²) in [5.41, 5.74) is 1.63. The standard InChI is InChI=1S/C13H9FN4S2/c1-7-16-6-11(19-7)20-18-10-3-2-9(14)12-8(4-15)5-17-13(10)12/h2-3,5-6,17-18H,1H3. The highest BCUT2D eigenvalue weighted by atomic mass is 32.2. The van der Waals surface area contributed by atoms with Gasteiger partial charge in [-0.25, -0.2) is 9.37 Å². The Labute approximate surface area is 122 Å². The Balaban J connectivity index is 1.94. The van der Waals surface area contributed by atoms with Gasteiger partial charge in [0.2, 0.25) is 0 Å². The summed E-state index contributed by atoms with van der Waals surface area (Å²) in [7, 11) is 0. The lowest BCUT2D eigenvalue weighted by Gasteiger charge is -2.05. The van der Waals surface area contributed by atoms with Crippen molar-refractivity contribution in [3.05, 3.63) is 40.9 Å². The molecular weight excluding hydrogens is 295 g/mol. The zero-order chi connectivity index (χ0) is 14.1. The smallest absolute Gasteiger partial charge is 0.134 e. The number of nitrogens with one attached hydrogen (secondary N) is 2. The van der Waals surface area contributed by atoms with E-state index in [1.165, 1.54) is 24.2 Å². The van der Waals surface area contributed by atoms with Gasteiger partial charge in [0.25, 0.3) is 0 Å². The molecule has 0 saturated heterocycles. The fourth-order valence-corrected chi connectivity index (χ4v) is 3.52. The van der Waals surface area contributed by atoms with E-state index in [1.54, 1.807) is 23.6 Å². The molecule has 0 bridgehead atoms. The van der Waals surface area contributed by atoms with Gasteiger partial charge in [0.05, 0.1) is 33.4 Å². The molecule has 0 aliphatic rings. The van der Waals surface area contributed by atoms with Crippen LogP contribution >= 0.6 is 23.3 Å².